The summed E-state index contributed by atoms with van der Waals surface area (Å²) >= 11 is 0. The predicted molar refractivity (Wildman–Crippen MR) is 141 cm³/mol. The first-order chi connectivity index (χ1) is 15.8. The molecule has 0 unspecified atom stereocenters. The predicted octanol–water partition coefficient (Wildman–Crippen LogP) is 9.00. The van der Waals surface area contributed by atoms with Crippen LogP contribution in [0.3, 0.4) is 0 Å². The lowest BCUT2D eigenvalue weighted by Crippen LogP contribution is -2.22. The molecule has 0 rings (SSSR count). The number of unbranched alkanes of at least 4 members (excludes halogenated alkanes) is 20. The second kappa shape index (κ2) is 28.9. The third-order valence-corrected chi connectivity index (χ3v) is 6.40. The Morgan fingerprint density at radius 3 is 0.938 bits per heavy atom. The van der Waals surface area contributed by atoms with Gasteiger partial charge in [0, 0.05) is 13.2 Å². The van der Waals surface area contributed by atoms with Crippen LogP contribution in [0.4, 0.5) is 0 Å². The van der Waals surface area contributed by atoms with E-state index in [0.29, 0.717) is 13.2 Å². The molecule has 0 aromatic rings. The van der Waals surface area contributed by atoms with Gasteiger partial charge in [-0.1, -0.05) is 142 Å². The molecule has 194 valence electrons. The van der Waals surface area contributed by atoms with Gasteiger partial charge < -0.3 is 14.6 Å². The highest BCUT2D eigenvalue weighted by atomic mass is 16.5. The number of rotatable bonds is 28. The summed E-state index contributed by atoms with van der Waals surface area (Å²) in [6, 6.07) is 0. The molecule has 0 aromatic carbocycles. The lowest BCUT2D eigenvalue weighted by Gasteiger charge is -2.12. The molecule has 0 saturated carbocycles. The van der Waals surface area contributed by atoms with Crippen LogP contribution in [0, 0.1) is 0 Å². The molecule has 0 aromatic heterocycles. The summed E-state index contributed by atoms with van der Waals surface area (Å²) in [4.78, 5) is 0. The second-order valence-corrected chi connectivity index (χ2v) is 9.87. The van der Waals surface area contributed by atoms with Crippen LogP contribution >= 0.6 is 0 Å². The third kappa shape index (κ3) is 27.9. The maximum absolute atomic E-state index is 9.95. The van der Waals surface area contributed by atoms with Gasteiger partial charge in [0.1, 0.15) is 6.10 Å². The van der Waals surface area contributed by atoms with Gasteiger partial charge in [-0.05, 0) is 12.8 Å². The van der Waals surface area contributed by atoms with Gasteiger partial charge in [0.05, 0.1) is 13.2 Å². The minimum atomic E-state index is -0.476. The van der Waals surface area contributed by atoms with Crippen molar-refractivity contribution in [3.05, 3.63) is 0 Å². The van der Waals surface area contributed by atoms with Crippen LogP contribution in [0.2, 0.25) is 0 Å². The zero-order valence-corrected chi connectivity index (χ0v) is 22.2. The van der Waals surface area contributed by atoms with Crippen LogP contribution < -0.4 is 0 Å². The number of hydrogen-bond donors (Lipinski definition) is 1. The van der Waals surface area contributed by atoms with Gasteiger partial charge in [0.25, 0.3) is 0 Å². The first kappa shape index (κ1) is 31.9. The zero-order valence-electron chi connectivity index (χ0n) is 22.2. The monoisotopic (exact) mass is 456 g/mol. The molecule has 0 saturated heterocycles. The molecule has 0 spiro atoms. The SMILES string of the molecule is CCCCCCCCCCCCCOCC(O)COCCCCCCCCCCCCC. The van der Waals surface area contributed by atoms with E-state index in [0.717, 1.165) is 26.1 Å². The van der Waals surface area contributed by atoms with Crippen molar-refractivity contribution in [2.75, 3.05) is 26.4 Å². The molecule has 0 amide bonds. The molecular weight excluding hydrogens is 396 g/mol. The minimum Gasteiger partial charge on any atom is -0.388 e. The number of ether oxygens (including phenoxy) is 2. The highest BCUT2D eigenvalue weighted by molar-refractivity contribution is 4.53. The van der Waals surface area contributed by atoms with Crippen LogP contribution in [-0.2, 0) is 9.47 Å². The molecule has 3 nitrogen and oxygen atoms in total. The number of aliphatic hydroxyl groups excluding tert-OH is 1. The molecule has 0 atom stereocenters. The Labute approximate surface area is 202 Å². The van der Waals surface area contributed by atoms with Crippen LogP contribution in [-0.4, -0.2) is 37.6 Å². The summed E-state index contributed by atoms with van der Waals surface area (Å²) < 4.78 is 11.2. The topological polar surface area (TPSA) is 38.7 Å². The summed E-state index contributed by atoms with van der Waals surface area (Å²) in [5.41, 5.74) is 0. The molecule has 0 aliphatic rings. The first-order valence-corrected chi connectivity index (χ1v) is 14.6. The van der Waals surface area contributed by atoms with Gasteiger partial charge in [0.15, 0.2) is 0 Å². The summed E-state index contributed by atoms with van der Waals surface area (Å²) in [5.74, 6) is 0. The molecule has 0 aliphatic heterocycles. The van der Waals surface area contributed by atoms with Gasteiger partial charge in [0.2, 0.25) is 0 Å². The van der Waals surface area contributed by atoms with Gasteiger partial charge in [-0.25, -0.2) is 0 Å². The minimum absolute atomic E-state index is 0.413. The largest absolute Gasteiger partial charge is 0.388 e. The van der Waals surface area contributed by atoms with E-state index in [1.54, 1.807) is 0 Å². The second-order valence-electron chi connectivity index (χ2n) is 9.87. The fourth-order valence-corrected chi connectivity index (χ4v) is 4.22. The fourth-order valence-electron chi connectivity index (χ4n) is 4.22. The average Bonchev–Trinajstić information content (AvgIpc) is 2.80. The summed E-state index contributed by atoms with van der Waals surface area (Å²) in [5, 5.41) is 9.95. The van der Waals surface area contributed by atoms with E-state index in [1.807, 2.05) is 0 Å². The number of aliphatic hydroxyl groups is 1. The van der Waals surface area contributed by atoms with Crippen LogP contribution in [0.1, 0.15) is 155 Å². The quantitative estimate of drug-likeness (QED) is 0.119. The summed E-state index contributed by atoms with van der Waals surface area (Å²) in [7, 11) is 0. The smallest absolute Gasteiger partial charge is 0.101 e. The molecule has 0 bridgehead atoms. The van der Waals surface area contributed by atoms with E-state index in [1.165, 1.54) is 128 Å². The summed E-state index contributed by atoms with van der Waals surface area (Å²) in [6.45, 7) is 6.92. The van der Waals surface area contributed by atoms with Gasteiger partial charge in [-0.3, -0.25) is 0 Å². The van der Waals surface area contributed by atoms with Crippen LogP contribution in [0.25, 0.3) is 0 Å². The number of hydrogen-bond acceptors (Lipinski definition) is 3. The Bertz CT molecular complexity index is 292. The van der Waals surface area contributed by atoms with Crippen LogP contribution in [0.15, 0.2) is 0 Å². The standard InChI is InChI=1S/C29H60O3/c1-3-5-7-9-11-13-15-17-19-21-23-25-31-27-29(30)28-32-26-24-22-20-18-16-14-12-10-8-6-4-2/h29-30H,3-28H2,1-2H3. The van der Waals surface area contributed by atoms with Crippen molar-refractivity contribution in [1.29, 1.82) is 0 Å². The molecule has 0 fully saturated rings. The molecule has 0 heterocycles. The first-order valence-electron chi connectivity index (χ1n) is 14.6. The Morgan fingerprint density at radius 1 is 0.406 bits per heavy atom. The fraction of sp³-hybridized carbons (Fsp3) is 1.00. The normalized spacial score (nSPS) is 11.6. The van der Waals surface area contributed by atoms with E-state index in [-0.39, 0.29) is 0 Å². The lowest BCUT2D eigenvalue weighted by molar-refractivity contribution is -0.0201. The maximum Gasteiger partial charge on any atom is 0.101 e. The Hall–Kier alpha value is -0.120. The van der Waals surface area contributed by atoms with Crippen molar-refractivity contribution < 1.29 is 14.6 Å². The Kier molecular flexibility index (Phi) is 28.8. The van der Waals surface area contributed by atoms with E-state index in [2.05, 4.69) is 13.8 Å². The highest BCUT2D eigenvalue weighted by Gasteiger charge is 2.04. The molecule has 1 N–H and O–H groups in total. The van der Waals surface area contributed by atoms with E-state index in [4.69, 9.17) is 9.47 Å². The van der Waals surface area contributed by atoms with E-state index >= 15 is 0 Å². The van der Waals surface area contributed by atoms with E-state index in [9.17, 15) is 5.11 Å². The van der Waals surface area contributed by atoms with Crippen molar-refractivity contribution in [2.45, 2.75) is 161 Å². The van der Waals surface area contributed by atoms with Gasteiger partial charge in [-0.15, -0.1) is 0 Å². The maximum atomic E-state index is 9.95. The average molecular weight is 457 g/mol. The molecule has 0 radical (unpaired) electrons. The van der Waals surface area contributed by atoms with Crippen molar-refractivity contribution in [3.63, 3.8) is 0 Å². The molecular formula is C29H60O3. The highest BCUT2D eigenvalue weighted by Crippen LogP contribution is 2.12. The van der Waals surface area contributed by atoms with Gasteiger partial charge in [-0.2, -0.15) is 0 Å². The zero-order chi connectivity index (χ0) is 23.4. The van der Waals surface area contributed by atoms with Gasteiger partial charge >= 0.3 is 0 Å². The van der Waals surface area contributed by atoms with Crippen LogP contribution in [0.5, 0.6) is 0 Å². The van der Waals surface area contributed by atoms with Crippen molar-refractivity contribution in [2.24, 2.45) is 0 Å². The summed E-state index contributed by atoms with van der Waals surface area (Å²) in [6.07, 6.45) is 29.2. The third-order valence-electron chi connectivity index (χ3n) is 6.40. The molecule has 0 aliphatic carbocycles. The van der Waals surface area contributed by atoms with Crippen molar-refractivity contribution in [1.82, 2.24) is 0 Å². The van der Waals surface area contributed by atoms with Crippen molar-refractivity contribution >= 4 is 0 Å². The van der Waals surface area contributed by atoms with Crippen molar-refractivity contribution in [3.8, 4) is 0 Å². The Morgan fingerprint density at radius 2 is 0.656 bits per heavy atom. The molecule has 3 heteroatoms. The van der Waals surface area contributed by atoms with E-state index < -0.39 is 6.10 Å². The molecule has 32 heavy (non-hydrogen) atoms. The Balaban J connectivity index is 3.13. The lowest BCUT2D eigenvalue weighted by atomic mass is 10.1.